The zero-order valence-electron chi connectivity index (χ0n) is 11.9. The predicted molar refractivity (Wildman–Crippen MR) is 79.3 cm³/mol. The van der Waals surface area contributed by atoms with Crippen molar-refractivity contribution in [1.29, 1.82) is 0 Å². The highest BCUT2D eigenvalue weighted by molar-refractivity contribution is 6.17. The third kappa shape index (κ3) is 4.20. The van der Waals surface area contributed by atoms with Crippen LogP contribution in [0.15, 0.2) is 18.2 Å². The van der Waals surface area contributed by atoms with E-state index in [0.29, 0.717) is 30.0 Å². The predicted octanol–water partition coefficient (Wildman–Crippen LogP) is 3.38. The molecule has 0 radical (unpaired) electrons. The molecule has 5 nitrogen and oxygen atoms in total. The summed E-state index contributed by atoms with van der Waals surface area (Å²) in [6, 6.07) is 4.47. The number of alkyl halides is 1. The van der Waals surface area contributed by atoms with Crippen molar-refractivity contribution in [3.8, 4) is 0 Å². The van der Waals surface area contributed by atoms with Gasteiger partial charge in [0.05, 0.1) is 4.92 Å². The number of hydrogen-bond donors (Lipinski definition) is 0. The molecule has 1 aromatic rings. The SMILES string of the molecule is Cc1cc(C(=O)N(CCCCl)C(C)C)cc([N+](=O)[O-])c1. The summed E-state index contributed by atoms with van der Waals surface area (Å²) in [7, 11) is 0. The van der Waals surface area contributed by atoms with E-state index >= 15 is 0 Å². The Morgan fingerprint density at radius 3 is 2.55 bits per heavy atom. The maximum absolute atomic E-state index is 12.5. The van der Waals surface area contributed by atoms with E-state index in [1.807, 2.05) is 13.8 Å². The van der Waals surface area contributed by atoms with E-state index < -0.39 is 4.92 Å². The average molecular weight is 299 g/mol. The molecule has 0 aliphatic rings. The van der Waals surface area contributed by atoms with E-state index in [0.717, 1.165) is 0 Å². The normalized spacial score (nSPS) is 10.7. The molecular weight excluding hydrogens is 280 g/mol. The van der Waals surface area contributed by atoms with Crippen molar-refractivity contribution in [2.75, 3.05) is 12.4 Å². The minimum atomic E-state index is -0.484. The monoisotopic (exact) mass is 298 g/mol. The highest BCUT2D eigenvalue weighted by Gasteiger charge is 2.20. The summed E-state index contributed by atoms with van der Waals surface area (Å²) in [6.07, 6.45) is 0.694. The van der Waals surface area contributed by atoms with Crippen LogP contribution in [0.2, 0.25) is 0 Å². The van der Waals surface area contributed by atoms with Gasteiger partial charge in [-0.1, -0.05) is 0 Å². The molecule has 0 bridgehead atoms. The zero-order chi connectivity index (χ0) is 15.3. The van der Waals surface area contributed by atoms with E-state index in [1.165, 1.54) is 12.1 Å². The summed E-state index contributed by atoms with van der Waals surface area (Å²) in [5.41, 5.74) is 0.984. The van der Waals surface area contributed by atoms with E-state index in [-0.39, 0.29) is 17.6 Å². The first-order valence-corrected chi connectivity index (χ1v) is 7.03. The van der Waals surface area contributed by atoms with Gasteiger partial charge in [-0.05, 0) is 38.8 Å². The Labute approximate surface area is 123 Å². The van der Waals surface area contributed by atoms with Crippen LogP contribution in [0.5, 0.6) is 0 Å². The van der Waals surface area contributed by atoms with Crippen LogP contribution in [0, 0.1) is 17.0 Å². The lowest BCUT2D eigenvalue weighted by Gasteiger charge is -2.26. The highest BCUT2D eigenvalue weighted by Crippen LogP contribution is 2.19. The van der Waals surface area contributed by atoms with Crippen molar-refractivity contribution < 1.29 is 9.72 Å². The number of halogens is 1. The van der Waals surface area contributed by atoms with Crippen LogP contribution < -0.4 is 0 Å². The van der Waals surface area contributed by atoms with Crippen LogP contribution in [-0.4, -0.2) is 34.2 Å². The van der Waals surface area contributed by atoms with Gasteiger partial charge < -0.3 is 4.90 Å². The minimum absolute atomic E-state index is 0.0188. The van der Waals surface area contributed by atoms with Crippen LogP contribution in [-0.2, 0) is 0 Å². The molecule has 0 N–H and O–H groups in total. The Morgan fingerprint density at radius 1 is 1.40 bits per heavy atom. The van der Waals surface area contributed by atoms with E-state index in [4.69, 9.17) is 11.6 Å². The van der Waals surface area contributed by atoms with Crippen molar-refractivity contribution in [3.63, 3.8) is 0 Å². The van der Waals surface area contributed by atoms with Crippen molar-refractivity contribution >= 4 is 23.2 Å². The number of non-ortho nitro benzene ring substituents is 1. The molecule has 1 rings (SSSR count). The van der Waals surface area contributed by atoms with Gasteiger partial charge in [-0.25, -0.2) is 0 Å². The second-order valence-electron chi connectivity index (χ2n) is 4.95. The van der Waals surface area contributed by atoms with Crippen LogP contribution in [0.3, 0.4) is 0 Å². The fraction of sp³-hybridized carbons (Fsp3) is 0.500. The first kappa shape index (κ1) is 16.4. The number of benzene rings is 1. The Morgan fingerprint density at radius 2 is 2.05 bits per heavy atom. The topological polar surface area (TPSA) is 63.5 Å². The van der Waals surface area contributed by atoms with Gasteiger partial charge in [0, 0.05) is 36.2 Å². The van der Waals surface area contributed by atoms with Gasteiger partial charge in [-0.2, -0.15) is 0 Å². The molecule has 0 aromatic heterocycles. The van der Waals surface area contributed by atoms with Gasteiger partial charge in [0.1, 0.15) is 0 Å². The van der Waals surface area contributed by atoms with Gasteiger partial charge in [-0.15, -0.1) is 11.6 Å². The number of carbonyl (C=O) groups excluding carboxylic acids is 1. The summed E-state index contributed by atoms with van der Waals surface area (Å²) in [4.78, 5) is 24.5. The highest BCUT2D eigenvalue weighted by atomic mass is 35.5. The number of rotatable bonds is 6. The molecular formula is C14H19ClN2O3. The largest absolute Gasteiger partial charge is 0.336 e. The minimum Gasteiger partial charge on any atom is -0.336 e. The number of aryl methyl sites for hydroxylation is 1. The quantitative estimate of drug-likeness (QED) is 0.459. The molecule has 0 saturated carbocycles. The molecule has 0 atom stereocenters. The molecule has 20 heavy (non-hydrogen) atoms. The summed E-state index contributed by atoms with van der Waals surface area (Å²) in [5, 5.41) is 10.9. The van der Waals surface area contributed by atoms with Crippen LogP contribution in [0.4, 0.5) is 5.69 Å². The van der Waals surface area contributed by atoms with Crippen molar-refractivity contribution in [2.45, 2.75) is 33.2 Å². The fourth-order valence-electron chi connectivity index (χ4n) is 1.98. The van der Waals surface area contributed by atoms with E-state index in [9.17, 15) is 14.9 Å². The van der Waals surface area contributed by atoms with E-state index in [2.05, 4.69) is 0 Å². The average Bonchev–Trinajstić information content (AvgIpc) is 2.37. The first-order chi connectivity index (χ1) is 9.36. The second kappa shape index (κ2) is 7.24. The Balaban J connectivity index is 3.08. The van der Waals surface area contributed by atoms with Crippen LogP contribution >= 0.6 is 11.6 Å². The van der Waals surface area contributed by atoms with Gasteiger partial charge >= 0.3 is 0 Å². The molecule has 1 aromatic carbocycles. The number of hydrogen-bond acceptors (Lipinski definition) is 3. The first-order valence-electron chi connectivity index (χ1n) is 6.49. The Bertz CT molecular complexity index is 503. The number of amides is 1. The molecule has 0 spiro atoms. The number of nitro groups is 1. The summed E-state index contributed by atoms with van der Waals surface area (Å²) < 4.78 is 0. The number of carbonyl (C=O) groups is 1. The second-order valence-corrected chi connectivity index (χ2v) is 5.33. The van der Waals surface area contributed by atoms with Crippen molar-refractivity contribution in [3.05, 3.63) is 39.4 Å². The molecule has 110 valence electrons. The summed E-state index contributed by atoms with van der Waals surface area (Å²) >= 11 is 5.67. The van der Waals surface area contributed by atoms with Crippen LogP contribution in [0.1, 0.15) is 36.2 Å². The summed E-state index contributed by atoms with van der Waals surface area (Å²) in [6.45, 7) is 6.11. The smallest absolute Gasteiger partial charge is 0.270 e. The van der Waals surface area contributed by atoms with E-state index in [1.54, 1.807) is 17.9 Å². The maximum atomic E-state index is 12.5. The molecule has 0 aliphatic heterocycles. The Kier molecular flexibility index (Phi) is 5.95. The van der Waals surface area contributed by atoms with Gasteiger partial charge in [0.2, 0.25) is 0 Å². The lowest BCUT2D eigenvalue weighted by Crippen LogP contribution is -2.38. The molecule has 0 unspecified atom stereocenters. The lowest BCUT2D eigenvalue weighted by molar-refractivity contribution is -0.384. The fourth-order valence-corrected chi connectivity index (χ4v) is 2.10. The molecule has 0 aliphatic carbocycles. The molecule has 0 fully saturated rings. The van der Waals surface area contributed by atoms with Gasteiger partial charge in [-0.3, -0.25) is 14.9 Å². The molecule has 1 amide bonds. The third-order valence-electron chi connectivity index (χ3n) is 2.94. The van der Waals surface area contributed by atoms with Gasteiger partial charge in [0.25, 0.3) is 11.6 Å². The van der Waals surface area contributed by atoms with Crippen molar-refractivity contribution in [1.82, 2.24) is 4.90 Å². The van der Waals surface area contributed by atoms with Gasteiger partial charge in [0.15, 0.2) is 0 Å². The zero-order valence-corrected chi connectivity index (χ0v) is 12.7. The lowest BCUT2D eigenvalue weighted by atomic mass is 10.1. The maximum Gasteiger partial charge on any atom is 0.270 e. The molecule has 0 saturated heterocycles. The molecule has 0 heterocycles. The number of nitro benzene ring substituents is 1. The van der Waals surface area contributed by atoms with Crippen LogP contribution in [0.25, 0.3) is 0 Å². The standard InChI is InChI=1S/C14H19ClN2O3/c1-10(2)16(6-4-5-15)14(18)12-7-11(3)8-13(9-12)17(19)20/h7-10H,4-6H2,1-3H3. The third-order valence-corrected chi connectivity index (χ3v) is 3.20. The van der Waals surface area contributed by atoms with Crippen molar-refractivity contribution in [2.24, 2.45) is 0 Å². The Hall–Kier alpha value is -1.62. The summed E-state index contributed by atoms with van der Waals surface area (Å²) in [5.74, 6) is 0.279. The molecule has 6 heteroatoms. The number of nitrogens with zero attached hydrogens (tertiary/aromatic N) is 2.